The summed E-state index contributed by atoms with van der Waals surface area (Å²) in [5, 5.41) is 9.58. The molecule has 9 nitrogen and oxygen atoms in total. The van der Waals surface area contributed by atoms with E-state index in [-0.39, 0.29) is 30.6 Å². The van der Waals surface area contributed by atoms with Gasteiger partial charge in [-0.15, -0.1) is 0 Å². The molecule has 0 unspecified atom stereocenters. The first-order valence-corrected chi connectivity index (χ1v) is 13.4. The Labute approximate surface area is 234 Å². The molecule has 0 aliphatic heterocycles. The van der Waals surface area contributed by atoms with Gasteiger partial charge in [-0.1, -0.05) is 17.7 Å². The van der Waals surface area contributed by atoms with E-state index in [0.29, 0.717) is 50.5 Å². The molecule has 2 fully saturated rings. The van der Waals surface area contributed by atoms with Crippen molar-refractivity contribution >= 4 is 28.7 Å². The number of hydrogen-bond acceptors (Lipinski definition) is 7. The fraction of sp³-hybridized carbons (Fsp3) is 0.379. The Hall–Kier alpha value is -3.92. The number of halogens is 2. The van der Waals surface area contributed by atoms with Crippen molar-refractivity contribution in [3.8, 4) is 28.8 Å². The maximum absolute atomic E-state index is 14.3. The van der Waals surface area contributed by atoms with Gasteiger partial charge in [-0.05, 0) is 62.9 Å². The molecule has 208 valence electrons. The third-order valence-corrected chi connectivity index (χ3v) is 7.98. The summed E-state index contributed by atoms with van der Waals surface area (Å²) < 4.78 is 33.9. The van der Waals surface area contributed by atoms with Crippen molar-refractivity contribution in [3.05, 3.63) is 59.1 Å². The van der Waals surface area contributed by atoms with E-state index in [0.717, 1.165) is 25.7 Å². The maximum atomic E-state index is 14.3. The third-order valence-electron chi connectivity index (χ3n) is 7.59. The Morgan fingerprint density at radius 2 is 1.95 bits per heavy atom. The number of nitrogens with zero attached hydrogens (tertiary/aromatic N) is 4. The Balaban J connectivity index is 1.44. The van der Waals surface area contributed by atoms with E-state index in [9.17, 15) is 14.3 Å². The molecule has 2 aromatic heterocycles. The van der Waals surface area contributed by atoms with Crippen LogP contribution < -0.4 is 14.2 Å². The van der Waals surface area contributed by atoms with Crippen LogP contribution in [0.1, 0.15) is 44.6 Å². The Morgan fingerprint density at radius 1 is 1.15 bits per heavy atom. The van der Waals surface area contributed by atoms with Crippen molar-refractivity contribution in [3.63, 3.8) is 0 Å². The van der Waals surface area contributed by atoms with Gasteiger partial charge >= 0.3 is 5.97 Å². The fourth-order valence-electron chi connectivity index (χ4n) is 4.79. The summed E-state index contributed by atoms with van der Waals surface area (Å²) in [6, 6.07) is 9.69. The minimum absolute atomic E-state index is 0.0515. The Bertz CT molecular complexity index is 1620. The molecular formula is C29H28ClFN4O5. The molecule has 11 heteroatoms. The molecule has 4 aromatic rings. The predicted octanol–water partition coefficient (Wildman–Crippen LogP) is 5.91. The van der Waals surface area contributed by atoms with Crippen molar-refractivity contribution < 1.29 is 28.5 Å². The second-order valence-corrected chi connectivity index (χ2v) is 11.2. The molecule has 2 aliphatic carbocycles. The van der Waals surface area contributed by atoms with Crippen LogP contribution in [0.3, 0.4) is 0 Å². The zero-order valence-electron chi connectivity index (χ0n) is 22.1. The number of carboxylic acid groups (broad SMARTS) is 1. The molecule has 0 bridgehead atoms. The van der Waals surface area contributed by atoms with Crippen molar-refractivity contribution in [2.75, 3.05) is 13.7 Å². The number of aliphatic carboxylic acids is 1. The number of carboxylic acids is 1. The molecule has 0 atom stereocenters. The number of rotatable bonds is 11. The first kappa shape index (κ1) is 26.3. The van der Waals surface area contributed by atoms with Crippen LogP contribution in [0.15, 0.2) is 42.7 Å². The van der Waals surface area contributed by atoms with E-state index in [4.69, 9.17) is 30.8 Å². The monoisotopic (exact) mass is 566 g/mol. The SMILES string of the molecule is COc1ccc(F)cc1Cn1c(-c2cccc(OCC3(CC(=O)O)CC3)c2Cl)nc2c(OC3(C)CC3)ncnc21. The average Bonchev–Trinajstić information content (AvgIpc) is 3.82. The van der Waals surface area contributed by atoms with Crippen molar-refractivity contribution in [1.82, 2.24) is 19.5 Å². The van der Waals surface area contributed by atoms with Crippen LogP contribution in [0.25, 0.3) is 22.6 Å². The van der Waals surface area contributed by atoms with Gasteiger partial charge in [0.15, 0.2) is 11.2 Å². The Kier molecular flexibility index (Phi) is 6.53. The van der Waals surface area contributed by atoms with Crippen LogP contribution in [0.2, 0.25) is 5.02 Å². The highest BCUT2D eigenvalue weighted by Gasteiger charge is 2.45. The summed E-state index contributed by atoms with van der Waals surface area (Å²) in [6.07, 6.45) is 4.90. The second-order valence-electron chi connectivity index (χ2n) is 10.9. The number of carbonyl (C=O) groups is 1. The standard InChI is InChI=1S/C29H28ClFN4O5/c1-28(8-9-28)40-27-24-26(32-16-33-27)35(14-17-12-18(31)6-7-20(17)38-2)25(34-24)19-4-3-5-21(23(19)30)39-15-29(10-11-29)13-22(36)37/h3-7,12,16H,8-11,13-15H2,1-2H3,(H,36,37). The van der Waals surface area contributed by atoms with E-state index in [1.54, 1.807) is 18.2 Å². The minimum atomic E-state index is -0.846. The lowest BCUT2D eigenvalue weighted by molar-refractivity contribution is -0.138. The quantitative estimate of drug-likeness (QED) is 0.239. The summed E-state index contributed by atoms with van der Waals surface area (Å²) in [6.45, 7) is 2.45. The van der Waals surface area contributed by atoms with Crippen LogP contribution in [0, 0.1) is 11.2 Å². The van der Waals surface area contributed by atoms with E-state index in [1.165, 1.54) is 25.6 Å². The molecule has 2 saturated carbocycles. The predicted molar refractivity (Wildman–Crippen MR) is 146 cm³/mol. The van der Waals surface area contributed by atoms with Crippen LogP contribution in [-0.4, -0.2) is 49.9 Å². The molecule has 40 heavy (non-hydrogen) atoms. The fourth-order valence-corrected chi connectivity index (χ4v) is 5.06. The lowest BCUT2D eigenvalue weighted by Crippen LogP contribution is -2.17. The molecule has 2 aliphatic rings. The number of imidazole rings is 1. The average molecular weight is 567 g/mol. The molecule has 6 rings (SSSR count). The van der Waals surface area contributed by atoms with E-state index in [1.807, 2.05) is 17.6 Å². The Morgan fingerprint density at radius 3 is 2.65 bits per heavy atom. The summed E-state index contributed by atoms with van der Waals surface area (Å²) >= 11 is 6.89. The van der Waals surface area contributed by atoms with Gasteiger partial charge in [-0.2, -0.15) is 4.98 Å². The van der Waals surface area contributed by atoms with Gasteiger partial charge in [0.2, 0.25) is 5.88 Å². The van der Waals surface area contributed by atoms with Gasteiger partial charge in [0, 0.05) is 16.5 Å². The topological polar surface area (TPSA) is 109 Å². The number of fused-ring (bicyclic) bond motifs is 1. The van der Waals surface area contributed by atoms with Crippen molar-refractivity contribution in [2.24, 2.45) is 5.41 Å². The number of aromatic nitrogens is 4. The number of methoxy groups -OCH3 is 1. The van der Waals surface area contributed by atoms with Crippen molar-refractivity contribution in [2.45, 2.75) is 51.2 Å². The number of ether oxygens (including phenoxy) is 3. The van der Waals surface area contributed by atoms with E-state index >= 15 is 0 Å². The summed E-state index contributed by atoms with van der Waals surface area (Å²) in [5.41, 5.74) is 1.45. The maximum Gasteiger partial charge on any atom is 0.304 e. The van der Waals surface area contributed by atoms with E-state index < -0.39 is 11.8 Å². The van der Waals surface area contributed by atoms with Crippen LogP contribution in [0.4, 0.5) is 4.39 Å². The normalized spacial score (nSPS) is 16.5. The van der Waals surface area contributed by atoms with Gasteiger partial charge < -0.3 is 23.9 Å². The van der Waals surface area contributed by atoms with Crippen LogP contribution >= 0.6 is 11.6 Å². The zero-order valence-corrected chi connectivity index (χ0v) is 22.9. The molecule has 0 radical (unpaired) electrons. The van der Waals surface area contributed by atoms with Crippen LogP contribution in [0.5, 0.6) is 17.4 Å². The lowest BCUT2D eigenvalue weighted by Gasteiger charge is -2.17. The van der Waals surface area contributed by atoms with Gasteiger partial charge in [0.05, 0.1) is 31.7 Å². The molecule has 0 spiro atoms. The third kappa shape index (κ3) is 5.15. The van der Waals surface area contributed by atoms with Gasteiger partial charge in [-0.3, -0.25) is 4.79 Å². The van der Waals surface area contributed by atoms with Crippen LogP contribution in [-0.2, 0) is 11.3 Å². The summed E-state index contributed by atoms with van der Waals surface area (Å²) in [5.74, 6) is 0.527. The van der Waals surface area contributed by atoms with E-state index in [2.05, 4.69) is 9.97 Å². The molecule has 2 aromatic carbocycles. The van der Waals surface area contributed by atoms with Gasteiger partial charge in [-0.25, -0.2) is 14.4 Å². The number of hydrogen-bond donors (Lipinski definition) is 1. The van der Waals surface area contributed by atoms with Gasteiger partial charge in [0.1, 0.15) is 35.1 Å². The largest absolute Gasteiger partial charge is 0.496 e. The highest BCUT2D eigenvalue weighted by Crippen LogP contribution is 2.49. The summed E-state index contributed by atoms with van der Waals surface area (Å²) in [7, 11) is 1.53. The smallest absolute Gasteiger partial charge is 0.304 e. The highest BCUT2D eigenvalue weighted by molar-refractivity contribution is 6.34. The van der Waals surface area contributed by atoms with Crippen molar-refractivity contribution in [1.29, 1.82) is 0 Å². The highest BCUT2D eigenvalue weighted by atomic mass is 35.5. The lowest BCUT2D eigenvalue weighted by atomic mass is 10.0. The molecular weight excluding hydrogens is 539 g/mol. The molecule has 2 heterocycles. The second kappa shape index (κ2) is 9.92. The zero-order chi connectivity index (χ0) is 28.1. The molecule has 0 saturated heterocycles. The summed E-state index contributed by atoms with van der Waals surface area (Å²) in [4.78, 5) is 25.1. The molecule has 0 amide bonds. The number of benzene rings is 2. The molecule has 1 N–H and O–H groups in total. The van der Waals surface area contributed by atoms with Gasteiger partial charge in [0.25, 0.3) is 0 Å². The first-order chi connectivity index (χ1) is 19.2. The first-order valence-electron chi connectivity index (χ1n) is 13.1. The minimum Gasteiger partial charge on any atom is -0.496 e.